The molecular formula is C24H24O4Zr. The van der Waals surface area contributed by atoms with E-state index in [0.29, 0.717) is 0 Å². The van der Waals surface area contributed by atoms with Crippen LogP contribution in [0, 0.1) is 0 Å². The summed E-state index contributed by atoms with van der Waals surface area (Å²) < 4.78 is 27.0. The van der Waals surface area contributed by atoms with E-state index in [9.17, 15) is 0 Å². The van der Waals surface area contributed by atoms with E-state index in [1.54, 1.807) is 14.2 Å². The summed E-state index contributed by atoms with van der Waals surface area (Å²) in [6.07, 6.45) is 14.5. The molecule has 4 nitrogen and oxygen atoms in total. The normalized spacial score (nSPS) is 15.1. The predicted octanol–water partition coefficient (Wildman–Crippen LogP) is 5.83. The summed E-state index contributed by atoms with van der Waals surface area (Å²) in [5, 5.41) is 0. The molecule has 0 N–H and O–H groups in total. The van der Waals surface area contributed by atoms with Crippen LogP contribution in [-0.2, 0) is 21.1 Å². The summed E-state index contributed by atoms with van der Waals surface area (Å²) in [4.78, 5) is 0. The monoisotopic (exact) mass is 466 g/mol. The van der Waals surface area contributed by atoms with Gasteiger partial charge in [0, 0.05) is 0 Å². The third-order valence-electron chi connectivity index (χ3n) is 4.99. The summed E-state index contributed by atoms with van der Waals surface area (Å²) in [5.74, 6) is 3.06. The van der Waals surface area contributed by atoms with Crippen molar-refractivity contribution in [3.63, 3.8) is 0 Å². The molecule has 2 aromatic carbocycles. The number of ether oxygens (including phenoxy) is 2. The molecule has 0 spiro atoms. The topological polar surface area (TPSA) is 36.9 Å². The van der Waals surface area contributed by atoms with Crippen molar-refractivity contribution < 1.29 is 36.2 Å². The zero-order valence-corrected chi connectivity index (χ0v) is 19.1. The van der Waals surface area contributed by atoms with Gasteiger partial charge in [-0.15, -0.1) is 0 Å². The number of allylic oxidation sites excluding steroid dienone is 8. The van der Waals surface area contributed by atoms with Crippen LogP contribution in [0.25, 0.3) is 0 Å². The Morgan fingerprint density at radius 3 is 1.48 bits per heavy atom. The average molecular weight is 468 g/mol. The minimum atomic E-state index is -3.99. The fourth-order valence-electron chi connectivity index (χ4n) is 3.53. The Morgan fingerprint density at radius 1 is 0.655 bits per heavy atom. The van der Waals surface area contributed by atoms with E-state index in [-0.39, 0.29) is 0 Å². The van der Waals surface area contributed by atoms with Crippen molar-refractivity contribution in [2.75, 3.05) is 14.2 Å². The molecule has 2 aliphatic carbocycles. The molecule has 0 bridgehead atoms. The van der Waals surface area contributed by atoms with E-state index < -0.39 is 21.1 Å². The SMILES string of the molecule is COc1cccc([O][Zr]([O]c2cccc(OC)c2)([C]2=CC=CC2)[C]2=CC=CC2)c1. The first-order valence-electron chi connectivity index (χ1n) is 9.62. The molecule has 0 amide bonds. The van der Waals surface area contributed by atoms with Gasteiger partial charge in [-0.3, -0.25) is 0 Å². The number of hydrogen-bond donors (Lipinski definition) is 0. The first kappa shape index (κ1) is 19.8. The second-order valence-electron chi connectivity index (χ2n) is 6.83. The van der Waals surface area contributed by atoms with Crippen molar-refractivity contribution in [2.24, 2.45) is 0 Å². The Hall–Kier alpha value is -2.52. The molecule has 2 aliphatic rings. The molecule has 0 aliphatic heterocycles. The maximum absolute atomic E-state index is 6.84. The van der Waals surface area contributed by atoms with E-state index in [0.717, 1.165) is 35.8 Å². The van der Waals surface area contributed by atoms with E-state index in [1.807, 2.05) is 48.5 Å². The molecule has 0 saturated carbocycles. The van der Waals surface area contributed by atoms with Crippen LogP contribution in [0.2, 0.25) is 0 Å². The van der Waals surface area contributed by atoms with Gasteiger partial charge in [0.05, 0.1) is 0 Å². The summed E-state index contributed by atoms with van der Waals surface area (Å²) >= 11 is -3.99. The molecule has 0 fully saturated rings. The van der Waals surface area contributed by atoms with Crippen LogP contribution in [-0.4, -0.2) is 14.2 Å². The van der Waals surface area contributed by atoms with Gasteiger partial charge in [-0.1, -0.05) is 0 Å². The van der Waals surface area contributed by atoms with Crippen molar-refractivity contribution in [1.82, 2.24) is 0 Å². The van der Waals surface area contributed by atoms with Crippen LogP contribution in [0.4, 0.5) is 0 Å². The van der Waals surface area contributed by atoms with Crippen molar-refractivity contribution in [3.05, 3.63) is 91.5 Å². The summed E-state index contributed by atoms with van der Waals surface area (Å²) in [7, 11) is 3.32. The van der Waals surface area contributed by atoms with Gasteiger partial charge in [-0.25, -0.2) is 0 Å². The Kier molecular flexibility index (Phi) is 6.06. The van der Waals surface area contributed by atoms with Crippen LogP contribution >= 0.6 is 0 Å². The summed E-state index contributed by atoms with van der Waals surface area (Å²) in [6, 6.07) is 15.5. The Balaban J connectivity index is 1.79. The van der Waals surface area contributed by atoms with Gasteiger partial charge in [0.1, 0.15) is 0 Å². The standard InChI is InChI=1S/2C7H8O2.2C5H5.Zr/c2*1-9-7-4-2-3-6(8)5-7;2*1-2-4-5-3-1;/h2*2-5,8H,1H3;2*1-3H,4H2;/q;;;;+2/p-2. The third-order valence-corrected chi connectivity index (χ3v) is 13.5. The molecule has 0 aromatic heterocycles. The third kappa shape index (κ3) is 4.25. The second kappa shape index (κ2) is 8.88. The molecule has 0 unspecified atom stereocenters. The molecule has 0 atom stereocenters. The number of methoxy groups -OCH3 is 2. The van der Waals surface area contributed by atoms with Gasteiger partial charge in [0.2, 0.25) is 0 Å². The van der Waals surface area contributed by atoms with E-state index in [2.05, 4.69) is 36.5 Å². The van der Waals surface area contributed by atoms with Crippen molar-refractivity contribution in [1.29, 1.82) is 0 Å². The number of benzene rings is 2. The van der Waals surface area contributed by atoms with Gasteiger partial charge in [-0.2, -0.15) is 0 Å². The van der Waals surface area contributed by atoms with Gasteiger partial charge in [0.15, 0.2) is 0 Å². The molecular weight excluding hydrogens is 443 g/mol. The molecule has 5 heteroatoms. The Labute approximate surface area is 177 Å². The Bertz CT molecular complexity index is 922. The fraction of sp³-hybridized carbons (Fsp3) is 0.167. The van der Waals surface area contributed by atoms with Crippen LogP contribution in [0.15, 0.2) is 91.5 Å². The molecule has 0 heterocycles. The summed E-state index contributed by atoms with van der Waals surface area (Å²) in [6.45, 7) is 0. The van der Waals surface area contributed by atoms with E-state index >= 15 is 0 Å². The summed E-state index contributed by atoms with van der Waals surface area (Å²) in [5.41, 5.74) is 0. The van der Waals surface area contributed by atoms with Crippen molar-refractivity contribution >= 4 is 0 Å². The van der Waals surface area contributed by atoms with Gasteiger partial charge in [-0.05, 0) is 0 Å². The second-order valence-corrected chi connectivity index (χ2v) is 14.0. The van der Waals surface area contributed by atoms with Crippen molar-refractivity contribution in [2.45, 2.75) is 12.8 Å². The molecule has 29 heavy (non-hydrogen) atoms. The number of rotatable bonds is 8. The Morgan fingerprint density at radius 2 is 1.10 bits per heavy atom. The molecule has 2 aromatic rings. The molecule has 148 valence electrons. The molecule has 0 radical (unpaired) electrons. The first-order valence-corrected chi connectivity index (χ1v) is 14.1. The van der Waals surface area contributed by atoms with E-state index in [1.165, 1.54) is 6.56 Å². The van der Waals surface area contributed by atoms with Gasteiger partial charge >= 0.3 is 178 Å². The maximum atomic E-state index is 6.84. The van der Waals surface area contributed by atoms with Crippen molar-refractivity contribution in [3.8, 4) is 23.0 Å². The quantitative estimate of drug-likeness (QED) is 0.489. The average Bonchev–Trinajstić information content (AvgIpc) is 3.48. The van der Waals surface area contributed by atoms with Crippen LogP contribution < -0.4 is 15.1 Å². The number of hydrogen-bond acceptors (Lipinski definition) is 4. The van der Waals surface area contributed by atoms with Gasteiger partial charge < -0.3 is 0 Å². The van der Waals surface area contributed by atoms with Crippen LogP contribution in [0.1, 0.15) is 12.8 Å². The molecule has 0 saturated heterocycles. The first-order chi connectivity index (χ1) is 14.2. The predicted molar refractivity (Wildman–Crippen MR) is 111 cm³/mol. The fourth-order valence-corrected chi connectivity index (χ4v) is 11.6. The van der Waals surface area contributed by atoms with Crippen LogP contribution in [0.3, 0.4) is 0 Å². The zero-order chi connectivity index (χ0) is 20.1. The molecule has 4 rings (SSSR count). The zero-order valence-electron chi connectivity index (χ0n) is 16.6. The van der Waals surface area contributed by atoms with Crippen LogP contribution in [0.5, 0.6) is 23.0 Å². The van der Waals surface area contributed by atoms with Gasteiger partial charge in [0.25, 0.3) is 0 Å². The minimum absolute atomic E-state index is 0.765. The van der Waals surface area contributed by atoms with E-state index in [4.69, 9.17) is 15.1 Å².